The van der Waals surface area contributed by atoms with Crippen molar-refractivity contribution < 1.29 is 23.8 Å². The second-order valence-corrected chi connectivity index (χ2v) is 8.66. The Labute approximate surface area is 207 Å². The van der Waals surface area contributed by atoms with Crippen LogP contribution in [0.3, 0.4) is 0 Å². The number of aromatic hydroxyl groups is 2. The summed E-state index contributed by atoms with van der Waals surface area (Å²) in [5, 5.41) is 23.4. The van der Waals surface area contributed by atoms with Gasteiger partial charge in [0.25, 0.3) is 0 Å². The van der Waals surface area contributed by atoms with Crippen LogP contribution < -0.4 is 16.0 Å². The predicted molar refractivity (Wildman–Crippen MR) is 132 cm³/mol. The zero-order valence-electron chi connectivity index (χ0n) is 18.0. The SMILES string of the molecule is COc1ccc(C(c2c(O)c3cc(Cl)ccc3oc2=O)c2c(O)c3cc(Cl)ccc3oc2=O)cc1. The lowest BCUT2D eigenvalue weighted by molar-refractivity contribution is 0.414. The normalized spacial score (nSPS) is 11.4. The first kappa shape index (κ1) is 22.8. The van der Waals surface area contributed by atoms with Crippen LogP contribution in [0.4, 0.5) is 0 Å². The van der Waals surface area contributed by atoms with Gasteiger partial charge in [-0.25, -0.2) is 9.59 Å². The minimum atomic E-state index is -1.26. The monoisotopic (exact) mass is 510 g/mol. The third kappa shape index (κ3) is 3.88. The Morgan fingerprint density at radius 1 is 0.743 bits per heavy atom. The van der Waals surface area contributed by atoms with Crippen LogP contribution in [0.2, 0.25) is 10.0 Å². The van der Waals surface area contributed by atoms with E-state index >= 15 is 0 Å². The van der Waals surface area contributed by atoms with E-state index in [0.29, 0.717) is 21.4 Å². The van der Waals surface area contributed by atoms with E-state index in [1.165, 1.54) is 43.5 Å². The number of hydrogen-bond acceptors (Lipinski definition) is 7. The molecular formula is C26H16Cl2O7. The molecule has 0 aliphatic rings. The molecule has 0 saturated heterocycles. The van der Waals surface area contributed by atoms with E-state index < -0.39 is 28.7 Å². The van der Waals surface area contributed by atoms with Gasteiger partial charge in [-0.2, -0.15) is 0 Å². The Morgan fingerprint density at radius 2 is 1.20 bits per heavy atom. The summed E-state index contributed by atoms with van der Waals surface area (Å²) in [6.45, 7) is 0. The lowest BCUT2D eigenvalue weighted by atomic mass is 9.84. The van der Waals surface area contributed by atoms with Gasteiger partial charge in [0.2, 0.25) is 0 Å². The molecule has 35 heavy (non-hydrogen) atoms. The van der Waals surface area contributed by atoms with Gasteiger partial charge in [0.1, 0.15) is 28.4 Å². The predicted octanol–water partition coefficient (Wildman–Crippen LogP) is 5.81. The quantitative estimate of drug-likeness (QED) is 0.293. The summed E-state index contributed by atoms with van der Waals surface area (Å²) in [5.74, 6) is -1.62. The highest BCUT2D eigenvalue weighted by molar-refractivity contribution is 6.31. The molecule has 2 heterocycles. The molecule has 2 N–H and O–H groups in total. The standard InChI is InChI=1S/C26H16Cl2O7/c1-33-15-6-2-12(3-7-15)20(21-23(29)16-10-13(27)4-8-18(16)34-25(21)31)22-24(30)17-11-14(28)5-9-19(17)35-26(22)32/h2-11,20,29-30H,1H3. The van der Waals surface area contributed by atoms with Gasteiger partial charge in [0, 0.05) is 10.0 Å². The first-order chi connectivity index (χ1) is 16.8. The van der Waals surface area contributed by atoms with Crippen LogP contribution in [0.5, 0.6) is 17.2 Å². The van der Waals surface area contributed by atoms with E-state index in [4.69, 9.17) is 36.8 Å². The fourth-order valence-electron chi connectivity index (χ4n) is 4.13. The van der Waals surface area contributed by atoms with Crippen molar-refractivity contribution in [1.29, 1.82) is 0 Å². The third-order valence-electron chi connectivity index (χ3n) is 5.78. The minimum Gasteiger partial charge on any atom is -0.507 e. The van der Waals surface area contributed by atoms with Gasteiger partial charge in [0.15, 0.2) is 0 Å². The fourth-order valence-corrected chi connectivity index (χ4v) is 4.47. The van der Waals surface area contributed by atoms with Crippen LogP contribution in [-0.4, -0.2) is 17.3 Å². The van der Waals surface area contributed by atoms with Gasteiger partial charge in [-0.15, -0.1) is 0 Å². The number of hydrogen-bond donors (Lipinski definition) is 2. The molecule has 0 atom stereocenters. The molecular weight excluding hydrogens is 495 g/mol. The van der Waals surface area contributed by atoms with E-state index in [9.17, 15) is 19.8 Å². The minimum absolute atomic E-state index is 0.107. The maximum Gasteiger partial charge on any atom is 0.344 e. The highest BCUT2D eigenvalue weighted by Gasteiger charge is 2.32. The molecule has 0 aliphatic carbocycles. The molecule has 2 aromatic heterocycles. The Hall–Kier alpha value is -3.94. The smallest absolute Gasteiger partial charge is 0.344 e. The summed E-state index contributed by atoms with van der Waals surface area (Å²) in [7, 11) is 1.49. The average Bonchev–Trinajstić information content (AvgIpc) is 2.84. The molecule has 176 valence electrons. The van der Waals surface area contributed by atoms with Crippen LogP contribution in [-0.2, 0) is 0 Å². The molecule has 0 unspecified atom stereocenters. The molecule has 0 bridgehead atoms. The molecule has 9 heteroatoms. The molecule has 5 aromatic rings. The second kappa shape index (κ2) is 8.69. The van der Waals surface area contributed by atoms with Gasteiger partial charge in [0.05, 0.1) is 34.9 Å². The van der Waals surface area contributed by atoms with Crippen molar-refractivity contribution >= 4 is 45.1 Å². The molecule has 0 saturated carbocycles. The lowest BCUT2D eigenvalue weighted by Gasteiger charge is -2.20. The highest BCUT2D eigenvalue weighted by Crippen LogP contribution is 2.42. The second-order valence-electron chi connectivity index (χ2n) is 7.79. The van der Waals surface area contributed by atoms with Gasteiger partial charge >= 0.3 is 11.3 Å². The molecule has 3 aromatic carbocycles. The topological polar surface area (TPSA) is 110 Å². The number of fused-ring (bicyclic) bond motifs is 2. The lowest BCUT2D eigenvalue weighted by Crippen LogP contribution is -2.21. The number of methoxy groups -OCH3 is 1. The number of halogens is 2. The van der Waals surface area contributed by atoms with Crippen molar-refractivity contribution in [3.63, 3.8) is 0 Å². The molecule has 0 spiro atoms. The molecule has 0 radical (unpaired) electrons. The van der Waals surface area contributed by atoms with Crippen molar-refractivity contribution in [3.05, 3.63) is 108 Å². The van der Waals surface area contributed by atoms with Crippen LogP contribution >= 0.6 is 23.2 Å². The number of rotatable bonds is 4. The van der Waals surface area contributed by atoms with Crippen molar-refractivity contribution in [3.8, 4) is 17.2 Å². The highest BCUT2D eigenvalue weighted by atomic mass is 35.5. The maximum absolute atomic E-state index is 13.2. The van der Waals surface area contributed by atoms with Crippen molar-refractivity contribution in [2.75, 3.05) is 7.11 Å². The van der Waals surface area contributed by atoms with E-state index in [1.54, 1.807) is 24.3 Å². The van der Waals surface area contributed by atoms with Crippen molar-refractivity contribution in [1.82, 2.24) is 0 Å². The summed E-state index contributed by atoms with van der Waals surface area (Å²) in [4.78, 5) is 26.3. The molecule has 0 fully saturated rings. The average molecular weight is 511 g/mol. The fraction of sp³-hybridized carbons (Fsp3) is 0.0769. The Morgan fingerprint density at radius 3 is 1.63 bits per heavy atom. The zero-order chi connectivity index (χ0) is 24.9. The van der Waals surface area contributed by atoms with Gasteiger partial charge < -0.3 is 23.8 Å². The van der Waals surface area contributed by atoms with Crippen LogP contribution in [0.25, 0.3) is 21.9 Å². The molecule has 7 nitrogen and oxygen atoms in total. The van der Waals surface area contributed by atoms with E-state index in [0.717, 1.165) is 0 Å². The number of benzene rings is 3. The van der Waals surface area contributed by atoms with E-state index in [2.05, 4.69) is 0 Å². The van der Waals surface area contributed by atoms with Gasteiger partial charge in [-0.05, 0) is 54.1 Å². The summed E-state index contributed by atoms with van der Waals surface area (Å²) in [6.07, 6.45) is 0. The summed E-state index contributed by atoms with van der Waals surface area (Å²) < 4.78 is 16.1. The zero-order valence-corrected chi connectivity index (χ0v) is 19.6. The van der Waals surface area contributed by atoms with E-state index in [-0.39, 0.29) is 33.1 Å². The first-order valence-corrected chi connectivity index (χ1v) is 11.1. The maximum atomic E-state index is 13.2. The Kier molecular flexibility index (Phi) is 5.67. The van der Waals surface area contributed by atoms with Crippen molar-refractivity contribution in [2.45, 2.75) is 5.92 Å². The van der Waals surface area contributed by atoms with Crippen LogP contribution in [0, 0.1) is 0 Å². The number of ether oxygens (including phenoxy) is 1. The van der Waals surface area contributed by atoms with Crippen LogP contribution in [0.1, 0.15) is 22.6 Å². The first-order valence-electron chi connectivity index (χ1n) is 10.3. The Bertz CT molecular complexity index is 1610. The van der Waals surface area contributed by atoms with Gasteiger partial charge in [-0.3, -0.25) is 0 Å². The summed E-state index contributed by atoms with van der Waals surface area (Å²) in [5.41, 5.74) is -1.74. The summed E-state index contributed by atoms with van der Waals surface area (Å²) >= 11 is 12.2. The van der Waals surface area contributed by atoms with E-state index in [1.807, 2.05) is 0 Å². The molecule has 0 aliphatic heterocycles. The molecule has 0 amide bonds. The Balaban J connectivity index is 1.90. The largest absolute Gasteiger partial charge is 0.507 e. The molecule has 5 rings (SSSR count). The van der Waals surface area contributed by atoms with Crippen molar-refractivity contribution in [2.24, 2.45) is 0 Å². The summed E-state index contributed by atoms with van der Waals surface area (Å²) in [6, 6.07) is 15.3. The third-order valence-corrected chi connectivity index (χ3v) is 6.25. The van der Waals surface area contributed by atoms with Crippen LogP contribution in [0.15, 0.2) is 79.1 Å². The van der Waals surface area contributed by atoms with Gasteiger partial charge in [-0.1, -0.05) is 35.3 Å².